The van der Waals surface area contributed by atoms with Crippen LogP contribution in [0.5, 0.6) is 0 Å². The maximum atomic E-state index is 10.7. The molecule has 3 nitrogen and oxygen atoms in total. The Hall–Kier alpha value is -0.380. The summed E-state index contributed by atoms with van der Waals surface area (Å²) in [5, 5.41) is 10.7. The second-order valence-electron chi connectivity index (χ2n) is 10.5. The molecule has 1 saturated heterocycles. The van der Waals surface area contributed by atoms with E-state index in [4.69, 9.17) is 9.47 Å². The van der Waals surface area contributed by atoms with Gasteiger partial charge in [-0.2, -0.15) is 0 Å². The van der Waals surface area contributed by atoms with E-state index in [0.717, 1.165) is 43.8 Å². The van der Waals surface area contributed by atoms with Crippen molar-refractivity contribution < 1.29 is 14.6 Å². The lowest BCUT2D eigenvalue weighted by Crippen LogP contribution is -2.55. The first-order valence-electron chi connectivity index (χ1n) is 11.7. The number of hydrogen-bond acceptors (Lipinski definition) is 3. The van der Waals surface area contributed by atoms with Crippen LogP contribution in [0.1, 0.15) is 77.6 Å². The molecule has 5 rings (SSSR count). The van der Waals surface area contributed by atoms with E-state index in [0.29, 0.717) is 11.3 Å². The molecule has 27 heavy (non-hydrogen) atoms. The van der Waals surface area contributed by atoms with Crippen molar-refractivity contribution in [2.75, 3.05) is 13.2 Å². The van der Waals surface area contributed by atoms with Gasteiger partial charge in [0.25, 0.3) is 0 Å². The van der Waals surface area contributed by atoms with Crippen LogP contribution < -0.4 is 0 Å². The Morgan fingerprint density at radius 3 is 2.81 bits per heavy atom. The van der Waals surface area contributed by atoms with E-state index in [9.17, 15) is 5.11 Å². The van der Waals surface area contributed by atoms with E-state index in [1.807, 2.05) is 0 Å². The van der Waals surface area contributed by atoms with Crippen molar-refractivity contribution in [3.63, 3.8) is 0 Å². The highest BCUT2D eigenvalue weighted by molar-refractivity contribution is 5.14. The predicted octanol–water partition coefficient (Wildman–Crippen LogP) is 5.08. The largest absolute Gasteiger partial charge is 0.393 e. The van der Waals surface area contributed by atoms with Gasteiger partial charge in [0, 0.05) is 12.0 Å². The third-order valence-corrected chi connectivity index (χ3v) is 9.50. The van der Waals surface area contributed by atoms with Crippen molar-refractivity contribution in [2.24, 2.45) is 34.5 Å². The van der Waals surface area contributed by atoms with Gasteiger partial charge in [-0.1, -0.05) is 19.1 Å². The Kier molecular flexibility index (Phi) is 4.93. The van der Waals surface area contributed by atoms with Crippen LogP contribution in [-0.4, -0.2) is 30.7 Å². The van der Waals surface area contributed by atoms with Crippen molar-refractivity contribution in [1.82, 2.24) is 0 Å². The molecule has 1 unspecified atom stereocenters. The maximum absolute atomic E-state index is 10.7. The molecular formula is C24H38O3. The lowest BCUT2D eigenvalue weighted by molar-refractivity contribution is -0.208. The molecule has 0 aromatic heterocycles. The van der Waals surface area contributed by atoms with Crippen molar-refractivity contribution >= 4 is 0 Å². The molecule has 5 aliphatic rings. The first-order valence-corrected chi connectivity index (χ1v) is 11.7. The Morgan fingerprint density at radius 2 is 1.96 bits per heavy atom. The Morgan fingerprint density at radius 1 is 1.04 bits per heavy atom. The van der Waals surface area contributed by atoms with Crippen molar-refractivity contribution in [3.05, 3.63) is 12.2 Å². The van der Waals surface area contributed by atoms with E-state index < -0.39 is 0 Å². The number of hydrogen-bond donors (Lipinski definition) is 1. The molecule has 8 atom stereocenters. The van der Waals surface area contributed by atoms with E-state index in [-0.39, 0.29) is 17.8 Å². The first kappa shape index (κ1) is 18.6. The number of fused-ring (bicyclic) bond motifs is 5. The van der Waals surface area contributed by atoms with Gasteiger partial charge in [-0.15, -0.1) is 0 Å². The van der Waals surface area contributed by atoms with E-state index >= 15 is 0 Å². The number of aliphatic hydroxyl groups is 1. The Balaban J connectivity index is 1.39. The zero-order chi connectivity index (χ0) is 18.5. The molecule has 1 aliphatic heterocycles. The highest BCUT2D eigenvalue weighted by Gasteiger charge is 2.60. The van der Waals surface area contributed by atoms with Crippen LogP contribution in [0.25, 0.3) is 0 Å². The fraction of sp³-hybridized carbons (Fsp3) is 0.917. The highest BCUT2D eigenvalue weighted by atomic mass is 16.7. The predicted molar refractivity (Wildman–Crippen MR) is 106 cm³/mol. The molecule has 0 bridgehead atoms. The van der Waals surface area contributed by atoms with Crippen molar-refractivity contribution in [2.45, 2.75) is 89.9 Å². The standard InChI is InChI=1S/C24H38O3/c1-23-14-12-20-18(19(23)10-11-21(23)25)9-8-17-6-2-4-13-24(17,20)16-27-22-7-3-5-15-26-22/h2,6,17-22,25H,3-5,7-16H2,1H3/t17-,18+,19+,20+,21+,22?,23+,24-/m1/s1. The van der Waals surface area contributed by atoms with Gasteiger partial charge in [0.05, 0.1) is 12.7 Å². The van der Waals surface area contributed by atoms with Crippen LogP contribution >= 0.6 is 0 Å². The minimum Gasteiger partial charge on any atom is -0.393 e. The van der Waals surface area contributed by atoms with Gasteiger partial charge >= 0.3 is 0 Å². The molecule has 1 heterocycles. The zero-order valence-corrected chi connectivity index (χ0v) is 17.1. The normalized spacial score (nSPS) is 52.1. The summed E-state index contributed by atoms with van der Waals surface area (Å²) in [5.41, 5.74) is 0.486. The molecule has 0 amide bonds. The minimum atomic E-state index is -0.0738. The topological polar surface area (TPSA) is 38.7 Å². The van der Waals surface area contributed by atoms with Crippen LogP contribution in [0, 0.1) is 34.5 Å². The highest BCUT2D eigenvalue weighted by Crippen LogP contribution is 2.65. The molecular weight excluding hydrogens is 336 g/mol. The Labute approximate surface area is 164 Å². The molecule has 3 heteroatoms. The van der Waals surface area contributed by atoms with Gasteiger partial charge < -0.3 is 14.6 Å². The second-order valence-corrected chi connectivity index (χ2v) is 10.5. The van der Waals surface area contributed by atoms with Crippen molar-refractivity contribution in [1.29, 1.82) is 0 Å². The second kappa shape index (κ2) is 7.15. The smallest absolute Gasteiger partial charge is 0.157 e. The summed E-state index contributed by atoms with van der Waals surface area (Å²) >= 11 is 0. The van der Waals surface area contributed by atoms with Crippen molar-refractivity contribution in [3.8, 4) is 0 Å². The average molecular weight is 375 g/mol. The zero-order valence-electron chi connectivity index (χ0n) is 17.1. The number of ether oxygens (including phenoxy) is 2. The summed E-state index contributed by atoms with van der Waals surface area (Å²) in [6.07, 6.45) is 18.3. The third kappa shape index (κ3) is 2.95. The van der Waals surface area contributed by atoms with Gasteiger partial charge in [-0.25, -0.2) is 0 Å². The van der Waals surface area contributed by atoms with Gasteiger partial charge in [0.1, 0.15) is 0 Å². The fourth-order valence-electron chi connectivity index (χ4n) is 7.96. The van der Waals surface area contributed by atoms with Gasteiger partial charge in [-0.05, 0) is 99.7 Å². The summed E-state index contributed by atoms with van der Waals surface area (Å²) in [6, 6.07) is 0. The SMILES string of the molecule is C[C@]12CC[C@H]3[C@@H](CC[C@H]4C=CCC[C@@]43COC3CCCCO3)[C@@H]1CC[C@@H]2O. The summed E-state index contributed by atoms with van der Waals surface area (Å²) in [4.78, 5) is 0. The number of rotatable bonds is 3. The molecule has 1 N–H and O–H groups in total. The van der Waals surface area contributed by atoms with Crippen LogP contribution in [0.4, 0.5) is 0 Å². The molecule has 0 radical (unpaired) electrons. The van der Waals surface area contributed by atoms with E-state index in [1.54, 1.807) is 0 Å². The summed E-state index contributed by atoms with van der Waals surface area (Å²) in [5.74, 6) is 2.97. The quantitative estimate of drug-likeness (QED) is 0.700. The lowest BCUT2D eigenvalue weighted by Gasteiger charge is -2.60. The summed E-state index contributed by atoms with van der Waals surface area (Å²) in [6.45, 7) is 4.14. The molecule has 0 aromatic carbocycles. The summed E-state index contributed by atoms with van der Waals surface area (Å²) < 4.78 is 12.4. The Bertz CT molecular complexity index is 568. The molecule has 0 spiro atoms. The maximum Gasteiger partial charge on any atom is 0.157 e. The average Bonchev–Trinajstić information content (AvgIpc) is 3.02. The third-order valence-electron chi connectivity index (χ3n) is 9.50. The number of allylic oxidation sites excluding steroid dienone is 2. The molecule has 3 saturated carbocycles. The van der Waals surface area contributed by atoms with Crippen LogP contribution in [0.3, 0.4) is 0 Å². The monoisotopic (exact) mass is 374 g/mol. The van der Waals surface area contributed by atoms with Gasteiger partial charge in [0.15, 0.2) is 6.29 Å². The molecule has 4 aliphatic carbocycles. The first-order chi connectivity index (χ1) is 13.1. The molecule has 4 fully saturated rings. The fourth-order valence-corrected chi connectivity index (χ4v) is 7.96. The summed E-state index contributed by atoms with van der Waals surface area (Å²) in [7, 11) is 0. The molecule has 152 valence electrons. The van der Waals surface area contributed by atoms with E-state index in [1.165, 1.54) is 57.8 Å². The molecule has 0 aromatic rings. The van der Waals surface area contributed by atoms with Gasteiger partial charge in [-0.3, -0.25) is 0 Å². The number of aliphatic hydroxyl groups excluding tert-OH is 1. The van der Waals surface area contributed by atoms with Crippen LogP contribution in [-0.2, 0) is 9.47 Å². The van der Waals surface area contributed by atoms with Crippen LogP contribution in [0.2, 0.25) is 0 Å². The van der Waals surface area contributed by atoms with Gasteiger partial charge in [0.2, 0.25) is 0 Å². The van der Waals surface area contributed by atoms with E-state index in [2.05, 4.69) is 19.1 Å². The minimum absolute atomic E-state index is 0.0298. The van der Waals surface area contributed by atoms with Crippen LogP contribution in [0.15, 0.2) is 12.2 Å². The lowest BCUT2D eigenvalue weighted by atomic mass is 9.45.